The van der Waals surface area contributed by atoms with Gasteiger partial charge in [-0.05, 0) is 12.8 Å². The highest BCUT2D eigenvalue weighted by Crippen LogP contribution is 2.37. The molecule has 0 spiro atoms. The number of nitrogens with zero attached hydrogens (tertiary/aromatic N) is 1. The summed E-state index contributed by atoms with van der Waals surface area (Å²) in [5, 5.41) is 0. The minimum Gasteiger partial charge on any atom is -0.468 e. The Balaban J connectivity index is 2.81. The van der Waals surface area contributed by atoms with Gasteiger partial charge in [-0.3, -0.25) is 14.4 Å². The maximum Gasteiger partial charge on any atom is 0.325 e. The highest BCUT2D eigenvalue weighted by atomic mass is 16.5. The molecule has 0 bridgehead atoms. The van der Waals surface area contributed by atoms with Gasteiger partial charge in [0.2, 0.25) is 5.91 Å². The third-order valence-electron chi connectivity index (χ3n) is 3.86. The van der Waals surface area contributed by atoms with Crippen molar-refractivity contribution in [3.63, 3.8) is 0 Å². The van der Waals surface area contributed by atoms with Crippen molar-refractivity contribution in [1.82, 2.24) is 4.90 Å². The molecule has 1 aliphatic rings. The molecule has 0 saturated heterocycles. The number of hydrogen-bond donors (Lipinski definition) is 0. The van der Waals surface area contributed by atoms with Gasteiger partial charge in [0.1, 0.15) is 13.1 Å². The van der Waals surface area contributed by atoms with Crippen molar-refractivity contribution in [3.8, 4) is 0 Å². The Labute approximate surface area is 119 Å². The van der Waals surface area contributed by atoms with Crippen LogP contribution in [0.5, 0.6) is 0 Å². The van der Waals surface area contributed by atoms with Gasteiger partial charge in [-0.25, -0.2) is 0 Å². The molecule has 0 N–H and O–H groups in total. The number of hydrogen-bond acceptors (Lipinski definition) is 5. The molecule has 1 fully saturated rings. The first-order valence-electron chi connectivity index (χ1n) is 6.86. The number of amides is 1. The van der Waals surface area contributed by atoms with Crippen LogP contribution in [0, 0.1) is 5.41 Å². The number of methoxy groups -OCH3 is 2. The zero-order valence-corrected chi connectivity index (χ0v) is 12.4. The molecule has 114 valence electrons. The largest absolute Gasteiger partial charge is 0.468 e. The summed E-state index contributed by atoms with van der Waals surface area (Å²) in [6, 6.07) is 0. The fraction of sp³-hybridized carbons (Fsp3) is 0.786. The third-order valence-corrected chi connectivity index (χ3v) is 3.86. The van der Waals surface area contributed by atoms with Gasteiger partial charge in [-0.1, -0.05) is 26.2 Å². The average molecular weight is 285 g/mol. The van der Waals surface area contributed by atoms with Gasteiger partial charge in [-0.2, -0.15) is 0 Å². The Morgan fingerprint density at radius 1 is 0.950 bits per heavy atom. The van der Waals surface area contributed by atoms with Gasteiger partial charge >= 0.3 is 11.9 Å². The maximum atomic E-state index is 12.6. The first-order valence-corrected chi connectivity index (χ1v) is 6.86. The maximum absolute atomic E-state index is 12.6. The molecule has 0 radical (unpaired) electrons. The molecule has 0 unspecified atom stereocenters. The molecule has 1 amide bonds. The zero-order chi connectivity index (χ0) is 15.2. The van der Waals surface area contributed by atoms with E-state index in [0.29, 0.717) is 0 Å². The topological polar surface area (TPSA) is 72.9 Å². The van der Waals surface area contributed by atoms with Gasteiger partial charge < -0.3 is 14.4 Å². The molecule has 0 aromatic carbocycles. The van der Waals surface area contributed by atoms with Crippen LogP contribution in [0.4, 0.5) is 0 Å². The molecular formula is C14H23NO5. The Bertz CT molecular complexity index is 356. The first kappa shape index (κ1) is 16.5. The van der Waals surface area contributed by atoms with Crippen molar-refractivity contribution in [2.24, 2.45) is 5.41 Å². The number of carbonyl (C=O) groups is 3. The Kier molecular flexibility index (Phi) is 5.98. The quantitative estimate of drug-likeness (QED) is 0.708. The smallest absolute Gasteiger partial charge is 0.325 e. The number of carbonyl (C=O) groups excluding carboxylic acids is 3. The summed E-state index contributed by atoms with van der Waals surface area (Å²) in [4.78, 5) is 36.7. The molecule has 1 rings (SSSR count). The summed E-state index contributed by atoms with van der Waals surface area (Å²) in [5.41, 5.74) is -0.500. The molecule has 1 saturated carbocycles. The predicted molar refractivity (Wildman–Crippen MR) is 71.8 cm³/mol. The summed E-state index contributed by atoms with van der Waals surface area (Å²) < 4.78 is 9.16. The highest BCUT2D eigenvalue weighted by Gasteiger charge is 2.38. The Morgan fingerprint density at radius 2 is 1.40 bits per heavy atom. The molecule has 6 heteroatoms. The zero-order valence-electron chi connectivity index (χ0n) is 12.4. The number of esters is 2. The average Bonchev–Trinajstić information content (AvgIpc) is 2.46. The molecule has 0 aromatic heterocycles. The van der Waals surface area contributed by atoms with Crippen LogP contribution < -0.4 is 0 Å². The molecule has 0 aliphatic heterocycles. The molecule has 0 atom stereocenters. The second-order valence-electron chi connectivity index (χ2n) is 5.43. The van der Waals surface area contributed by atoms with Gasteiger partial charge in [-0.15, -0.1) is 0 Å². The van der Waals surface area contributed by atoms with E-state index in [1.165, 1.54) is 19.1 Å². The fourth-order valence-corrected chi connectivity index (χ4v) is 2.57. The monoisotopic (exact) mass is 285 g/mol. The molecule has 20 heavy (non-hydrogen) atoms. The van der Waals surface area contributed by atoms with E-state index in [2.05, 4.69) is 9.47 Å². The van der Waals surface area contributed by atoms with Crippen molar-refractivity contribution in [3.05, 3.63) is 0 Å². The normalized spacial score (nSPS) is 17.1. The summed E-state index contributed by atoms with van der Waals surface area (Å²) in [7, 11) is 2.51. The van der Waals surface area contributed by atoms with Crippen LogP contribution in [-0.2, 0) is 23.9 Å². The molecule has 0 aromatic rings. The number of ether oxygens (including phenoxy) is 2. The predicted octanol–water partition coefficient (Wildman–Crippen LogP) is 1.13. The van der Waals surface area contributed by atoms with Crippen LogP contribution in [-0.4, -0.2) is 50.1 Å². The summed E-state index contributed by atoms with van der Waals surface area (Å²) in [5.74, 6) is -1.25. The van der Waals surface area contributed by atoms with E-state index in [9.17, 15) is 14.4 Å². The fourth-order valence-electron chi connectivity index (χ4n) is 2.57. The molecule has 6 nitrogen and oxygen atoms in total. The molecular weight excluding hydrogens is 262 g/mol. The van der Waals surface area contributed by atoms with E-state index >= 15 is 0 Å². The van der Waals surface area contributed by atoms with Crippen molar-refractivity contribution in [1.29, 1.82) is 0 Å². The van der Waals surface area contributed by atoms with Crippen LogP contribution >= 0.6 is 0 Å². The van der Waals surface area contributed by atoms with Crippen LogP contribution in [0.25, 0.3) is 0 Å². The standard InChI is InChI=1S/C14H23NO5/c1-14(7-5-4-6-8-14)13(18)15(9-11(16)19-2)10-12(17)20-3/h4-10H2,1-3H3. The van der Waals surface area contributed by atoms with E-state index in [4.69, 9.17) is 0 Å². The van der Waals surface area contributed by atoms with E-state index in [1.807, 2.05) is 6.92 Å². The summed E-state index contributed by atoms with van der Waals surface area (Å²) in [6.07, 6.45) is 4.67. The second-order valence-corrected chi connectivity index (χ2v) is 5.43. The van der Waals surface area contributed by atoms with Crippen molar-refractivity contribution in [2.45, 2.75) is 39.0 Å². The SMILES string of the molecule is COC(=O)CN(CC(=O)OC)C(=O)C1(C)CCCCC1. The van der Waals surface area contributed by atoms with Crippen LogP contribution in [0.15, 0.2) is 0 Å². The van der Waals surface area contributed by atoms with Gasteiger partial charge in [0.15, 0.2) is 0 Å². The van der Waals surface area contributed by atoms with Crippen LogP contribution in [0.2, 0.25) is 0 Å². The minimum absolute atomic E-state index is 0.173. The number of rotatable bonds is 5. The van der Waals surface area contributed by atoms with E-state index in [0.717, 1.165) is 32.1 Å². The Hall–Kier alpha value is -1.59. The summed E-state index contributed by atoms with van der Waals surface area (Å²) in [6.45, 7) is 1.45. The minimum atomic E-state index is -0.540. The second kappa shape index (κ2) is 7.26. The molecule has 0 heterocycles. The third kappa shape index (κ3) is 4.21. The lowest BCUT2D eigenvalue weighted by atomic mass is 9.74. The van der Waals surface area contributed by atoms with Gasteiger partial charge in [0.05, 0.1) is 14.2 Å². The van der Waals surface area contributed by atoms with Gasteiger partial charge in [0, 0.05) is 5.41 Å². The highest BCUT2D eigenvalue weighted by molar-refractivity contribution is 5.89. The lowest BCUT2D eigenvalue weighted by Gasteiger charge is -2.36. The van der Waals surface area contributed by atoms with Crippen molar-refractivity contribution < 1.29 is 23.9 Å². The van der Waals surface area contributed by atoms with E-state index in [-0.39, 0.29) is 19.0 Å². The van der Waals surface area contributed by atoms with Crippen LogP contribution in [0.3, 0.4) is 0 Å². The van der Waals surface area contributed by atoms with Crippen LogP contribution in [0.1, 0.15) is 39.0 Å². The van der Waals surface area contributed by atoms with Gasteiger partial charge in [0.25, 0.3) is 0 Å². The van der Waals surface area contributed by atoms with E-state index < -0.39 is 17.4 Å². The Morgan fingerprint density at radius 3 is 1.80 bits per heavy atom. The van der Waals surface area contributed by atoms with E-state index in [1.54, 1.807) is 0 Å². The lowest BCUT2D eigenvalue weighted by molar-refractivity contribution is -0.157. The van der Waals surface area contributed by atoms with Crippen molar-refractivity contribution >= 4 is 17.8 Å². The summed E-state index contributed by atoms with van der Waals surface area (Å²) >= 11 is 0. The first-order chi connectivity index (χ1) is 9.42. The van der Waals surface area contributed by atoms with Crippen molar-refractivity contribution in [2.75, 3.05) is 27.3 Å². The molecule has 1 aliphatic carbocycles. The lowest BCUT2D eigenvalue weighted by Crippen LogP contribution is -2.48.